The van der Waals surface area contributed by atoms with E-state index < -0.39 is 54.5 Å². The maximum atomic E-state index is 16.1. The Hall–Kier alpha value is 0.900. The molecule has 4 aromatic rings. The summed E-state index contributed by atoms with van der Waals surface area (Å²) in [5.74, 6) is 1.42. The van der Waals surface area contributed by atoms with Gasteiger partial charge >= 0.3 is 0 Å². The highest BCUT2D eigenvalue weighted by atomic mass is 127. The highest BCUT2D eigenvalue weighted by Gasteiger charge is 2.56. The Balaban J connectivity index is 1.55. The second-order valence-corrected chi connectivity index (χ2v) is 33.2. The summed E-state index contributed by atoms with van der Waals surface area (Å²) in [5.41, 5.74) is 3.96. The molecular formula is C44H59B2F4I3O3P6. The van der Waals surface area contributed by atoms with Crippen LogP contribution in [-0.4, -0.2) is 67.4 Å². The second-order valence-electron chi connectivity index (χ2n) is 18.8. The van der Waals surface area contributed by atoms with E-state index in [-0.39, 0.29) is 12.4 Å². The molecule has 0 fully saturated rings. The summed E-state index contributed by atoms with van der Waals surface area (Å²) < 4.78 is 79.0. The Morgan fingerprint density at radius 3 is 1.19 bits per heavy atom. The lowest BCUT2D eigenvalue weighted by molar-refractivity contribution is -0.0108. The van der Waals surface area contributed by atoms with E-state index in [1.165, 1.54) is 0 Å². The van der Waals surface area contributed by atoms with Crippen molar-refractivity contribution in [2.45, 2.75) is 85.6 Å². The Labute approximate surface area is 424 Å². The van der Waals surface area contributed by atoms with Gasteiger partial charge in [0.1, 0.15) is 61.3 Å². The first-order chi connectivity index (χ1) is 28.1. The first kappa shape index (κ1) is 55.5. The molecule has 13 atom stereocenters. The van der Waals surface area contributed by atoms with Gasteiger partial charge in [-0.1, -0.05) is 198 Å². The van der Waals surface area contributed by atoms with Crippen LogP contribution < -0.4 is 14.2 Å². The third-order valence-corrected chi connectivity index (χ3v) is 26.0. The van der Waals surface area contributed by atoms with Crippen LogP contribution in [0.1, 0.15) is 48.5 Å². The normalized spacial score (nSPS) is 19.0. The highest BCUT2D eigenvalue weighted by molar-refractivity contribution is 14.1. The average molecular weight is 1300 g/mol. The summed E-state index contributed by atoms with van der Waals surface area (Å²) >= 11 is 6.75. The summed E-state index contributed by atoms with van der Waals surface area (Å²) in [5, 5.41) is -7.05. The molecule has 0 N–H and O–H groups in total. The van der Waals surface area contributed by atoms with Gasteiger partial charge in [-0.05, 0) is 69.8 Å². The summed E-state index contributed by atoms with van der Waals surface area (Å²) in [7, 11) is 18.6. The maximum Gasteiger partial charge on any atom is 0.194 e. The molecule has 0 heterocycles. The van der Waals surface area contributed by atoms with Gasteiger partial charge in [0.2, 0.25) is 0 Å². The molecule has 0 aliphatic heterocycles. The molecule has 62 heavy (non-hydrogen) atoms. The second kappa shape index (κ2) is 20.5. The Bertz CT molecular complexity index is 2090. The zero-order chi connectivity index (χ0) is 47.1. The van der Waals surface area contributed by atoms with Crippen LogP contribution >= 0.6 is 123 Å². The molecule has 4 aromatic carbocycles. The molecule has 0 saturated carbocycles. The van der Waals surface area contributed by atoms with Crippen LogP contribution in [0.4, 0.5) is 17.6 Å². The van der Waals surface area contributed by atoms with Gasteiger partial charge in [0.15, 0.2) is 10.8 Å². The van der Waals surface area contributed by atoms with Crippen molar-refractivity contribution in [3.63, 3.8) is 0 Å². The lowest BCUT2D eigenvalue weighted by Crippen LogP contribution is -2.52. The van der Waals surface area contributed by atoms with Gasteiger partial charge in [-0.3, -0.25) is 0 Å². The summed E-state index contributed by atoms with van der Waals surface area (Å²) in [6.07, 6.45) is -1.00. The van der Waals surface area contributed by atoms with Crippen LogP contribution in [0, 0.1) is 10.8 Å². The van der Waals surface area contributed by atoms with Crippen LogP contribution in [0.5, 0.6) is 17.2 Å². The molecule has 0 amide bonds. The molecule has 0 saturated heterocycles. The van der Waals surface area contributed by atoms with Crippen molar-refractivity contribution in [2.24, 2.45) is 10.8 Å². The van der Waals surface area contributed by atoms with Crippen LogP contribution in [0.3, 0.4) is 0 Å². The van der Waals surface area contributed by atoms with E-state index in [9.17, 15) is 4.39 Å². The smallest absolute Gasteiger partial charge is 0.194 e. The zero-order valence-corrected chi connectivity index (χ0v) is 50.1. The molecule has 338 valence electrons. The van der Waals surface area contributed by atoms with E-state index in [4.69, 9.17) is 14.2 Å². The topological polar surface area (TPSA) is 27.7 Å². The standard InChI is InChI=1S/C44H59B2F4I3O3P6/c1-26(47)41(45,46)44(53,62)40(52,59)25-55-33-18-16-30(17-19-33)29-10-8-27(9-11-29)28-12-14-31(15-13-28)32-20-34(54-23-38(48,57)42(49,60)36(2,3)4)22-35(21-32)56-24-39(51,58)43(50,61)37(5,6)7/h8-22,26H,23-25,45-46,57-62H2,1-7H3. The zero-order valence-electron chi connectivity index (χ0n) is 36.7. The molecule has 0 aromatic heterocycles. The third-order valence-electron chi connectivity index (χ3n) is 11.8. The van der Waals surface area contributed by atoms with Gasteiger partial charge in [-0.25, -0.2) is 17.6 Å². The third kappa shape index (κ3) is 12.4. The first-order valence-electron chi connectivity index (χ1n) is 19.9. The van der Waals surface area contributed by atoms with E-state index in [1.807, 2.05) is 110 Å². The minimum absolute atomic E-state index is 0.000669. The number of benzene rings is 4. The van der Waals surface area contributed by atoms with Crippen molar-refractivity contribution < 1.29 is 31.8 Å². The molecule has 0 aliphatic rings. The lowest BCUT2D eigenvalue weighted by Gasteiger charge is -2.49. The van der Waals surface area contributed by atoms with Gasteiger partial charge in [-0.15, -0.1) is 27.7 Å². The van der Waals surface area contributed by atoms with E-state index in [2.05, 4.69) is 129 Å². The first-order valence-corrected chi connectivity index (χ1v) is 26.6. The lowest BCUT2D eigenvalue weighted by atomic mass is 9.49. The Kier molecular flexibility index (Phi) is 18.3. The van der Waals surface area contributed by atoms with Gasteiger partial charge in [0.05, 0.1) is 12.5 Å². The molecule has 3 nitrogen and oxygen atoms in total. The minimum Gasteiger partial charge on any atom is -0.492 e. The SMILES string of the molecule is BC(B)(C(C)F)C(P)(I)C(P)(I)COc1ccc(-c2ccc(-c3ccc(-c4cc(OCC(F)(P)C(F)(P)C(C)(C)C)cc(OCC(P)(I)C(F)(P)C(C)(C)C)c4)cc3)cc2)cc1. The molecule has 18 heteroatoms. The molecule has 0 aliphatic carbocycles. The van der Waals surface area contributed by atoms with Gasteiger partial charge < -0.3 is 14.2 Å². The minimum atomic E-state index is -2.43. The molecule has 0 spiro atoms. The van der Waals surface area contributed by atoms with E-state index >= 15 is 13.2 Å². The number of ether oxygens (including phenoxy) is 3. The molecule has 4 rings (SSSR count). The van der Waals surface area contributed by atoms with Crippen molar-refractivity contribution in [2.75, 3.05) is 19.8 Å². The van der Waals surface area contributed by atoms with Crippen LogP contribution in [0.25, 0.3) is 33.4 Å². The highest BCUT2D eigenvalue weighted by Crippen LogP contribution is 2.62. The van der Waals surface area contributed by atoms with Crippen LogP contribution in [-0.2, 0) is 0 Å². The predicted molar refractivity (Wildman–Crippen MR) is 309 cm³/mol. The Morgan fingerprint density at radius 1 is 0.500 bits per heavy atom. The summed E-state index contributed by atoms with van der Waals surface area (Å²) in [6.45, 7) is 11.8. The van der Waals surface area contributed by atoms with E-state index in [1.54, 1.807) is 39.8 Å². The van der Waals surface area contributed by atoms with Gasteiger partial charge in [-0.2, -0.15) is 0 Å². The monoisotopic (exact) mass is 1300 g/mol. The van der Waals surface area contributed by atoms with Crippen molar-refractivity contribution >= 4 is 139 Å². The number of hydrogen-bond donors (Lipinski definition) is 0. The maximum absolute atomic E-state index is 16.1. The fourth-order valence-electron chi connectivity index (χ4n) is 6.31. The molecular weight excluding hydrogens is 1240 g/mol. The fourth-order valence-corrected chi connectivity index (χ4v) is 10.7. The van der Waals surface area contributed by atoms with Crippen molar-refractivity contribution in [1.82, 2.24) is 0 Å². The predicted octanol–water partition coefficient (Wildman–Crippen LogP) is 13.3. The average Bonchev–Trinajstić information content (AvgIpc) is 3.17. The number of rotatable bonds is 17. The van der Waals surface area contributed by atoms with E-state index in [0.29, 0.717) is 12.4 Å². The van der Waals surface area contributed by atoms with Gasteiger partial charge in [0, 0.05) is 16.9 Å². The van der Waals surface area contributed by atoms with Crippen molar-refractivity contribution in [3.05, 3.63) is 91.0 Å². The molecule has 0 bridgehead atoms. The van der Waals surface area contributed by atoms with Crippen molar-refractivity contribution in [1.29, 1.82) is 0 Å². The van der Waals surface area contributed by atoms with Crippen LogP contribution in [0.15, 0.2) is 91.0 Å². The largest absolute Gasteiger partial charge is 0.492 e. The van der Waals surface area contributed by atoms with Gasteiger partial charge in [0.25, 0.3) is 0 Å². The number of alkyl halides is 7. The fraction of sp³-hybridized carbons (Fsp3) is 0.455. The van der Waals surface area contributed by atoms with E-state index in [0.717, 1.165) is 39.1 Å². The number of halogens is 7. The summed E-state index contributed by atoms with van der Waals surface area (Å²) in [4.78, 5) is 0. The quantitative estimate of drug-likeness (QED) is 0.0347. The Morgan fingerprint density at radius 2 is 0.823 bits per heavy atom. The molecule has 13 unspecified atom stereocenters. The molecule has 0 radical (unpaired) electrons. The number of hydrogen-bond acceptors (Lipinski definition) is 3. The van der Waals surface area contributed by atoms with Crippen LogP contribution in [0.2, 0.25) is 5.21 Å². The summed E-state index contributed by atoms with van der Waals surface area (Å²) in [6, 6.07) is 29.5. The van der Waals surface area contributed by atoms with Crippen molar-refractivity contribution in [3.8, 4) is 50.6 Å².